The van der Waals surface area contributed by atoms with Gasteiger partial charge in [0, 0.05) is 36.8 Å². The Morgan fingerprint density at radius 1 is 1.13 bits per heavy atom. The monoisotopic (exact) mass is 549 g/mol. The van der Waals surface area contributed by atoms with Gasteiger partial charge in [0.1, 0.15) is 12.1 Å². The summed E-state index contributed by atoms with van der Waals surface area (Å²) < 4.78 is 13.6. The second-order valence-electron chi connectivity index (χ2n) is 9.76. The summed E-state index contributed by atoms with van der Waals surface area (Å²) in [6, 6.07) is 7.71. The molecule has 0 radical (unpaired) electrons. The SMILES string of the molecule is NC=N/C=C(/Cl)C(=NC1CCN(C(=O)C2CCN(CC=O)CC2)CC1)c1cccc(C2=CC=C(F)C=C=C2)c1. The average Bonchev–Trinajstić information content (AvgIpc) is 3.19. The fraction of sp³-hybridized carbons (Fsp3) is 0.367. The van der Waals surface area contributed by atoms with Gasteiger partial charge < -0.3 is 15.4 Å². The van der Waals surface area contributed by atoms with Crippen molar-refractivity contribution in [2.75, 3.05) is 32.7 Å². The van der Waals surface area contributed by atoms with Gasteiger partial charge in [0.25, 0.3) is 0 Å². The number of piperidine rings is 2. The molecule has 0 unspecified atom stereocenters. The summed E-state index contributed by atoms with van der Waals surface area (Å²) in [5, 5.41) is 0.352. The van der Waals surface area contributed by atoms with Crippen molar-refractivity contribution in [3.05, 3.63) is 82.5 Å². The number of halogens is 2. The molecule has 1 aromatic carbocycles. The number of rotatable bonds is 8. The Morgan fingerprint density at radius 3 is 2.62 bits per heavy atom. The molecule has 204 valence electrons. The van der Waals surface area contributed by atoms with E-state index in [9.17, 15) is 14.0 Å². The number of nitrogens with two attached hydrogens (primary N) is 1. The van der Waals surface area contributed by atoms with Crippen LogP contribution in [0.15, 0.2) is 81.3 Å². The van der Waals surface area contributed by atoms with Crippen LogP contribution < -0.4 is 5.73 Å². The highest BCUT2D eigenvalue weighted by molar-refractivity contribution is 6.46. The molecule has 0 saturated carbocycles. The molecule has 0 spiro atoms. The molecular formula is C30H33ClFN5O2. The molecule has 7 nitrogen and oxygen atoms in total. The minimum absolute atomic E-state index is 0.0110. The highest BCUT2D eigenvalue weighted by atomic mass is 35.5. The largest absolute Gasteiger partial charge is 0.390 e. The first kappa shape index (κ1) is 28.4. The summed E-state index contributed by atoms with van der Waals surface area (Å²) in [6.45, 7) is 3.27. The zero-order valence-electron chi connectivity index (χ0n) is 21.8. The van der Waals surface area contributed by atoms with Crippen LogP contribution in [0.5, 0.6) is 0 Å². The minimum atomic E-state index is -0.363. The predicted octanol–water partition coefficient (Wildman–Crippen LogP) is 4.41. The van der Waals surface area contributed by atoms with Crippen molar-refractivity contribution in [1.82, 2.24) is 9.80 Å². The first-order valence-corrected chi connectivity index (χ1v) is 13.6. The van der Waals surface area contributed by atoms with E-state index in [2.05, 4.69) is 15.6 Å². The molecule has 2 aliphatic heterocycles. The number of carbonyl (C=O) groups excluding carboxylic acids is 2. The molecule has 2 N–H and O–H groups in total. The van der Waals surface area contributed by atoms with Crippen LogP contribution in [0.25, 0.3) is 5.57 Å². The number of aldehydes is 1. The van der Waals surface area contributed by atoms with Gasteiger partial charge in [-0.2, -0.15) is 0 Å². The third kappa shape index (κ3) is 7.73. The molecule has 39 heavy (non-hydrogen) atoms. The Kier molecular flexibility index (Phi) is 10.2. The van der Waals surface area contributed by atoms with E-state index in [1.165, 1.54) is 18.4 Å². The van der Waals surface area contributed by atoms with Crippen LogP contribution in [0.1, 0.15) is 36.8 Å². The predicted molar refractivity (Wildman–Crippen MR) is 154 cm³/mol. The fourth-order valence-corrected chi connectivity index (χ4v) is 5.28. The van der Waals surface area contributed by atoms with Crippen LogP contribution in [0, 0.1) is 5.92 Å². The second kappa shape index (κ2) is 14.0. The highest BCUT2D eigenvalue weighted by Gasteiger charge is 2.31. The Hall–Kier alpha value is -3.58. The number of nitrogens with zero attached hydrogens (tertiary/aromatic N) is 4. The average molecular weight is 550 g/mol. The van der Waals surface area contributed by atoms with E-state index in [-0.39, 0.29) is 23.7 Å². The quantitative estimate of drug-likeness (QED) is 0.225. The van der Waals surface area contributed by atoms with Crippen LogP contribution >= 0.6 is 11.6 Å². The van der Waals surface area contributed by atoms with Gasteiger partial charge in [-0.25, -0.2) is 9.38 Å². The first-order chi connectivity index (χ1) is 19.0. The molecular weight excluding hydrogens is 517 g/mol. The maximum absolute atomic E-state index is 13.6. The van der Waals surface area contributed by atoms with Crippen molar-refractivity contribution < 1.29 is 14.0 Å². The minimum Gasteiger partial charge on any atom is -0.390 e. The third-order valence-electron chi connectivity index (χ3n) is 7.21. The van der Waals surface area contributed by atoms with Gasteiger partial charge in [0.15, 0.2) is 0 Å². The lowest BCUT2D eigenvalue weighted by atomic mass is 9.93. The number of likely N-dealkylation sites (tertiary alicyclic amines) is 2. The van der Waals surface area contributed by atoms with Crippen LogP contribution in [0.2, 0.25) is 0 Å². The molecule has 0 aromatic heterocycles. The Labute approximate surface area is 233 Å². The molecule has 2 heterocycles. The second-order valence-corrected chi connectivity index (χ2v) is 10.2. The van der Waals surface area contributed by atoms with E-state index in [1.807, 2.05) is 29.2 Å². The van der Waals surface area contributed by atoms with E-state index in [1.54, 1.807) is 12.2 Å². The summed E-state index contributed by atoms with van der Waals surface area (Å²) in [5.74, 6) is -0.141. The zero-order chi connectivity index (χ0) is 27.6. The molecule has 1 aliphatic carbocycles. The summed E-state index contributed by atoms with van der Waals surface area (Å²) in [4.78, 5) is 36.9. The van der Waals surface area contributed by atoms with E-state index >= 15 is 0 Å². The number of allylic oxidation sites excluding steroid dienone is 6. The molecule has 0 bridgehead atoms. The third-order valence-corrected chi connectivity index (χ3v) is 7.49. The topological polar surface area (TPSA) is 91.4 Å². The lowest BCUT2D eigenvalue weighted by Gasteiger charge is -2.36. The van der Waals surface area contributed by atoms with Crippen LogP contribution in [0.3, 0.4) is 0 Å². The van der Waals surface area contributed by atoms with Crippen molar-refractivity contribution in [1.29, 1.82) is 0 Å². The van der Waals surface area contributed by atoms with E-state index in [0.717, 1.165) is 68.1 Å². The maximum Gasteiger partial charge on any atom is 0.225 e. The number of hydrogen-bond donors (Lipinski definition) is 1. The van der Waals surface area contributed by atoms with Crippen molar-refractivity contribution in [3.63, 3.8) is 0 Å². The highest BCUT2D eigenvalue weighted by Crippen LogP contribution is 2.26. The number of aliphatic imine (C=N–C) groups is 2. The van der Waals surface area contributed by atoms with Gasteiger partial charge in [0.05, 0.1) is 29.7 Å². The van der Waals surface area contributed by atoms with Crippen LogP contribution in [-0.2, 0) is 9.59 Å². The fourth-order valence-electron chi connectivity index (χ4n) is 5.07. The van der Waals surface area contributed by atoms with Crippen LogP contribution in [-0.4, -0.2) is 72.8 Å². The summed E-state index contributed by atoms with van der Waals surface area (Å²) >= 11 is 6.65. The summed E-state index contributed by atoms with van der Waals surface area (Å²) in [7, 11) is 0. The smallest absolute Gasteiger partial charge is 0.225 e. The van der Waals surface area contributed by atoms with Gasteiger partial charge in [-0.05, 0) is 68.1 Å². The molecule has 2 saturated heterocycles. The number of amides is 1. The Balaban J connectivity index is 1.48. The Morgan fingerprint density at radius 2 is 1.90 bits per heavy atom. The molecule has 9 heteroatoms. The van der Waals surface area contributed by atoms with Gasteiger partial charge >= 0.3 is 0 Å². The lowest BCUT2D eigenvalue weighted by Crippen LogP contribution is -2.46. The molecule has 1 aromatic rings. The van der Waals surface area contributed by atoms with Gasteiger partial charge in [-0.3, -0.25) is 14.7 Å². The molecule has 0 atom stereocenters. The maximum atomic E-state index is 13.6. The molecule has 4 rings (SSSR count). The van der Waals surface area contributed by atoms with E-state index in [0.29, 0.717) is 30.4 Å². The van der Waals surface area contributed by atoms with Crippen molar-refractivity contribution in [2.45, 2.75) is 31.7 Å². The van der Waals surface area contributed by atoms with E-state index in [4.69, 9.17) is 22.3 Å². The number of hydrogen-bond acceptors (Lipinski definition) is 5. The van der Waals surface area contributed by atoms with Crippen LogP contribution in [0.4, 0.5) is 4.39 Å². The van der Waals surface area contributed by atoms with Gasteiger partial charge in [-0.15, -0.1) is 5.73 Å². The summed E-state index contributed by atoms with van der Waals surface area (Å²) in [6.07, 6.45) is 12.7. The number of benzene rings is 1. The lowest BCUT2D eigenvalue weighted by molar-refractivity contribution is -0.138. The molecule has 1 amide bonds. The Bertz CT molecular complexity index is 1280. The molecule has 2 fully saturated rings. The van der Waals surface area contributed by atoms with Gasteiger partial charge in [0.2, 0.25) is 5.91 Å². The van der Waals surface area contributed by atoms with E-state index < -0.39 is 0 Å². The van der Waals surface area contributed by atoms with Crippen molar-refractivity contribution in [2.24, 2.45) is 21.6 Å². The first-order valence-electron chi connectivity index (χ1n) is 13.2. The van der Waals surface area contributed by atoms with Crippen molar-refractivity contribution in [3.8, 4) is 0 Å². The van der Waals surface area contributed by atoms with Gasteiger partial charge in [-0.1, -0.05) is 35.9 Å². The standard InChI is InChI=1S/C30H33ClFN5O2/c31-28(20-34-21-33)29(25-5-1-4-24(19-25)22-3-2-6-26(32)8-7-22)35-27-11-15-37(16-12-27)30(39)23-9-13-36(14-10-23)17-18-38/h1,3-8,18-21,23,27H,9-17H2,(H2,33,34)/b28-20+,35-29?. The zero-order valence-corrected chi connectivity index (χ0v) is 22.6. The van der Waals surface area contributed by atoms with Crippen molar-refractivity contribution >= 4 is 41.4 Å². The molecule has 3 aliphatic rings. The number of carbonyl (C=O) groups is 2. The summed E-state index contributed by atoms with van der Waals surface area (Å²) in [5.41, 5.74) is 11.3. The normalized spacial score (nSPS) is 20.2.